The lowest BCUT2D eigenvalue weighted by molar-refractivity contribution is -0.143. The third-order valence-electron chi connectivity index (χ3n) is 5.66. The van der Waals surface area contributed by atoms with Crippen molar-refractivity contribution in [2.45, 2.75) is 25.3 Å². The molecule has 8 nitrogen and oxygen atoms in total. The maximum absolute atomic E-state index is 13.9. The molecule has 3 N–H and O–H groups in total. The lowest BCUT2D eigenvalue weighted by Crippen LogP contribution is -2.18. The highest BCUT2D eigenvalue weighted by Crippen LogP contribution is 2.41. The van der Waals surface area contributed by atoms with Gasteiger partial charge < -0.3 is 5.32 Å². The third kappa shape index (κ3) is 5.27. The number of amides is 1. The molecule has 0 unspecified atom stereocenters. The summed E-state index contributed by atoms with van der Waals surface area (Å²) in [7, 11) is 0. The van der Waals surface area contributed by atoms with Gasteiger partial charge >= 0.3 is 12.4 Å². The molecule has 2 aromatic carbocycles. The number of benzene rings is 2. The summed E-state index contributed by atoms with van der Waals surface area (Å²) in [5.41, 5.74) is -1.51. The van der Waals surface area contributed by atoms with Gasteiger partial charge in [0.05, 0.1) is 34.3 Å². The van der Waals surface area contributed by atoms with Crippen molar-refractivity contribution in [3.05, 3.63) is 81.6 Å². The number of alkyl halides is 6. The van der Waals surface area contributed by atoms with E-state index in [1.165, 1.54) is 12.4 Å². The van der Waals surface area contributed by atoms with Gasteiger partial charge in [0.1, 0.15) is 5.69 Å². The van der Waals surface area contributed by atoms with Gasteiger partial charge in [-0.3, -0.25) is 15.0 Å². The van der Waals surface area contributed by atoms with Crippen LogP contribution in [0.15, 0.2) is 58.7 Å². The first-order valence-corrected chi connectivity index (χ1v) is 11.6. The Morgan fingerprint density at radius 3 is 2.55 bits per heavy atom. The summed E-state index contributed by atoms with van der Waals surface area (Å²) in [5, 5.41) is 20.3. The van der Waals surface area contributed by atoms with Crippen LogP contribution in [0.2, 0.25) is 0 Å². The molecule has 0 radical (unpaired) electrons. The lowest BCUT2D eigenvalue weighted by Gasteiger charge is -2.18. The van der Waals surface area contributed by atoms with Crippen LogP contribution < -0.4 is 5.32 Å². The molecule has 0 saturated heterocycles. The van der Waals surface area contributed by atoms with E-state index in [1.54, 1.807) is 18.2 Å². The van der Waals surface area contributed by atoms with Crippen molar-refractivity contribution in [1.82, 2.24) is 30.9 Å². The SMILES string of the molecule is O=C1N=C(NCc2c[nH]nn2)SC1=C(Cc1ccc(C(F)(F)F)cc1C(F)(F)F)c1ccc2[nH]ncc2c1. The molecule has 5 rings (SSSR count). The smallest absolute Gasteiger partial charge is 0.358 e. The second kappa shape index (κ2) is 9.63. The molecule has 196 valence electrons. The molecule has 0 fully saturated rings. The van der Waals surface area contributed by atoms with Crippen molar-refractivity contribution < 1.29 is 31.1 Å². The molecule has 15 heteroatoms. The fourth-order valence-corrected chi connectivity index (χ4v) is 4.77. The number of carbonyl (C=O) groups excluding carboxylic acids is 1. The summed E-state index contributed by atoms with van der Waals surface area (Å²) in [6.07, 6.45) is -7.46. The average Bonchev–Trinajstić information content (AvgIpc) is 3.61. The van der Waals surface area contributed by atoms with Crippen LogP contribution in [0.3, 0.4) is 0 Å². The molecular weight excluding hydrogens is 536 g/mol. The molecule has 0 bridgehead atoms. The minimum atomic E-state index is -5.06. The second-order valence-corrected chi connectivity index (χ2v) is 9.17. The molecule has 1 amide bonds. The summed E-state index contributed by atoms with van der Waals surface area (Å²) >= 11 is 0.917. The number of aromatic nitrogens is 5. The van der Waals surface area contributed by atoms with Crippen LogP contribution in [0.1, 0.15) is 27.9 Å². The van der Waals surface area contributed by atoms with Crippen molar-refractivity contribution in [1.29, 1.82) is 0 Å². The van der Waals surface area contributed by atoms with Crippen LogP contribution in [0, 0.1) is 0 Å². The fraction of sp³-hybridized carbons (Fsp3) is 0.174. The maximum atomic E-state index is 13.9. The zero-order valence-electron chi connectivity index (χ0n) is 18.9. The van der Waals surface area contributed by atoms with Crippen LogP contribution >= 0.6 is 11.8 Å². The van der Waals surface area contributed by atoms with Crippen LogP contribution in [-0.2, 0) is 30.1 Å². The van der Waals surface area contributed by atoms with Gasteiger partial charge in [0.2, 0.25) is 0 Å². The van der Waals surface area contributed by atoms with E-state index in [9.17, 15) is 31.1 Å². The number of hydrogen-bond donors (Lipinski definition) is 3. The van der Waals surface area contributed by atoms with Crippen LogP contribution in [0.5, 0.6) is 0 Å². The minimum Gasteiger partial charge on any atom is -0.358 e. The molecule has 2 aromatic heterocycles. The number of nitrogens with one attached hydrogen (secondary N) is 3. The molecule has 3 heterocycles. The number of allylic oxidation sites excluding steroid dienone is 1. The van der Waals surface area contributed by atoms with Gasteiger partial charge in [-0.1, -0.05) is 17.3 Å². The fourth-order valence-electron chi connectivity index (χ4n) is 3.86. The Labute approximate surface area is 213 Å². The number of rotatable bonds is 5. The summed E-state index contributed by atoms with van der Waals surface area (Å²) in [4.78, 5) is 16.9. The van der Waals surface area contributed by atoms with Gasteiger partial charge in [-0.05, 0) is 59.1 Å². The number of amidine groups is 1. The molecule has 0 spiro atoms. The number of nitrogens with zero attached hydrogens (tertiary/aromatic N) is 4. The number of fused-ring (bicyclic) bond motifs is 1. The second-order valence-electron chi connectivity index (χ2n) is 8.17. The lowest BCUT2D eigenvalue weighted by atomic mass is 9.92. The zero-order chi connectivity index (χ0) is 27.1. The number of aromatic amines is 2. The molecule has 38 heavy (non-hydrogen) atoms. The molecule has 0 saturated carbocycles. The highest BCUT2D eigenvalue weighted by molar-refractivity contribution is 8.18. The van der Waals surface area contributed by atoms with Gasteiger partial charge in [0.25, 0.3) is 5.91 Å². The summed E-state index contributed by atoms with van der Waals surface area (Å²) in [5.74, 6) is -0.694. The Bertz CT molecular complexity index is 1570. The number of H-pyrrole nitrogens is 2. The van der Waals surface area contributed by atoms with E-state index in [0.717, 1.165) is 17.8 Å². The summed E-state index contributed by atoms with van der Waals surface area (Å²) < 4.78 is 81.2. The van der Waals surface area contributed by atoms with E-state index in [-0.39, 0.29) is 28.3 Å². The molecule has 0 atom stereocenters. The van der Waals surface area contributed by atoms with E-state index >= 15 is 0 Å². The van der Waals surface area contributed by atoms with Gasteiger partial charge in [0.15, 0.2) is 5.17 Å². The van der Waals surface area contributed by atoms with E-state index in [2.05, 4.69) is 35.9 Å². The van der Waals surface area contributed by atoms with Crippen molar-refractivity contribution in [2.75, 3.05) is 0 Å². The number of halogens is 6. The van der Waals surface area contributed by atoms with Crippen LogP contribution in [-0.4, -0.2) is 36.7 Å². The third-order valence-corrected chi connectivity index (χ3v) is 6.71. The van der Waals surface area contributed by atoms with Crippen molar-refractivity contribution in [2.24, 2.45) is 4.99 Å². The molecule has 1 aliphatic heterocycles. The van der Waals surface area contributed by atoms with E-state index in [1.807, 2.05) is 0 Å². The largest absolute Gasteiger partial charge is 0.416 e. The quantitative estimate of drug-likeness (QED) is 0.235. The molecule has 0 aliphatic carbocycles. The predicted molar refractivity (Wildman–Crippen MR) is 126 cm³/mol. The van der Waals surface area contributed by atoms with Crippen LogP contribution in [0.25, 0.3) is 16.5 Å². The normalized spacial score (nSPS) is 15.7. The van der Waals surface area contributed by atoms with E-state index in [0.29, 0.717) is 28.2 Å². The topological polar surface area (TPSA) is 112 Å². The Morgan fingerprint density at radius 2 is 1.84 bits per heavy atom. The van der Waals surface area contributed by atoms with Gasteiger partial charge in [-0.25, -0.2) is 0 Å². The first-order valence-electron chi connectivity index (χ1n) is 10.8. The van der Waals surface area contributed by atoms with Gasteiger partial charge in [-0.15, -0.1) is 5.10 Å². The number of thioether (sulfide) groups is 1. The number of carbonyl (C=O) groups is 1. The first-order chi connectivity index (χ1) is 18.0. The van der Waals surface area contributed by atoms with Crippen molar-refractivity contribution >= 4 is 39.3 Å². The molecule has 1 aliphatic rings. The van der Waals surface area contributed by atoms with Crippen molar-refractivity contribution in [3.8, 4) is 0 Å². The van der Waals surface area contributed by atoms with Crippen molar-refractivity contribution in [3.63, 3.8) is 0 Å². The number of hydrogen-bond acceptors (Lipinski definition) is 6. The molecule has 4 aromatic rings. The zero-order valence-corrected chi connectivity index (χ0v) is 19.7. The first kappa shape index (κ1) is 25.5. The highest BCUT2D eigenvalue weighted by atomic mass is 32.2. The Balaban J connectivity index is 1.57. The summed E-state index contributed by atoms with van der Waals surface area (Å²) in [6.45, 7) is 0.177. The van der Waals surface area contributed by atoms with E-state index in [4.69, 9.17) is 0 Å². The maximum Gasteiger partial charge on any atom is 0.416 e. The Morgan fingerprint density at radius 1 is 1.03 bits per heavy atom. The summed E-state index contributed by atoms with van der Waals surface area (Å²) in [6, 6.07) is 6.34. The Kier molecular flexibility index (Phi) is 6.46. The van der Waals surface area contributed by atoms with Gasteiger partial charge in [-0.2, -0.15) is 36.4 Å². The minimum absolute atomic E-state index is 0.0449. The predicted octanol–water partition coefficient (Wildman–Crippen LogP) is 5.09. The molecular formula is C23H15F6N7OS. The standard InChI is InChI=1S/C23H15F6N7OS/c24-22(25,26)14-3-1-12(17(7-14)23(27,28)29)6-16(11-2-4-18-13(5-11)8-31-35-18)19-20(37)33-21(38-19)30-9-15-10-32-36-34-15/h1-5,7-8,10H,6,9H2,(H,31,35)(H,30,33,37)(H,32,34,36). The Hall–Kier alpha value is -4.14. The monoisotopic (exact) mass is 551 g/mol. The van der Waals surface area contributed by atoms with Gasteiger partial charge in [0, 0.05) is 11.6 Å². The average molecular weight is 551 g/mol. The highest BCUT2D eigenvalue weighted by Gasteiger charge is 2.38. The number of aliphatic imine (C=N–C) groups is 1. The van der Waals surface area contributed by atoms with E-state index < -0.39 is 41.4 Å². The van der Waals surface area contributed by atoms with Crippen LogP contribution in [0.4, 0.5) is 26.3 Å².